The molecule has 2 aromatic heterocycles. The summed E-state index contributed by atoms with van der Waals surface area (Å²) >= 11 is 1.69. The van der Waals surface area contributed by atoms with Gasteiger partial charge in [0.1, 0.15) is 12.4 Å². The van der Waals surface area contributed by atoms with E-state index in [-0.39, 0.29) is 6.61 Å². The molecule has 0 bridgehead atoms. The monoisotopic (exact) mass is 329 g/mol. The molecule has 4 nitrogen and oxygen atoms in total. The zero-order valence-electron chi connectivity index (χ0n) is 13.2. The predicted molar refractivity (Wildman–Crippen MR) is 93.1 cm³/mol. The molecule has 0 unspecified atom stereocenters. The summed E-state index contributed by atoms with van der Waals surface area (Å²) in [5.74, 6) is 0.749. The quantitative estimate of drug-likeness (QED) is 0.699. The Balaban J connectivity index is 1.95. The topological polar surface area (TPSA) is 51.6 Å². The van der Waals surface area contributed by atoms with Crippen molar-refractivity contribution in [3.63, 3.8) is 0 Å². The highest BCUT2D eigenvalue weighted by Crippen LogP contribution is 2.35. The average molecular weight is 329 g/mol. The maximum absolute atomic E-state index is 9.35. The Hall–Kier alpha value is -1.95. The van der Waals surface area contributed by atoms with Gasteiger partial charge in [-0.3, -0.25) is 4.98 Å². The van der Waals surface area contributed by atoms with Gasteiger partial charge in [-0.1, -0.05) is 6.07 Å². The van der Waals surface area contributed by atoms with E-state index in [4.69, 9.17) is 9.47 Å². The molecule has 23 heavy (non-hydrogen) atoms. The van der Waals surface area contributed by atoms with Gasteiger partial charge in [-0.15, -0.1) is 11.3 Å². The van der Waals surface area contributed by atoms with Crippen LogP contribution in [-0.2, 0) is 11.3 Å². The van der Waals surface area contributed by atoms with Crippen LogP contribution in [0.25, 0.3) is 21.3 Å². The Kier molecular flexibility index (Phi) is 4.91. The molecule has 0 radical (unpaired) electrons. The summed E-state index contributed by atoms with van der Waals surface area (Å²) in [6.07, 6.45) is 1.75. The van der Waals surface area contributed by atoms with E-state index in [1.807, 2.05) is 31.2 Å². The fraction of sp³-hybridized carbons (Fsp3) is 0.278. The number of nitrogens with zero attached hydrogens (tertiary/aromatic N) is 1. The minimum Gasteiger partial charge on any atom is -0.490 e. The number of ether oxygens (including phenoxy) is 2. The van der Waals surface area contributed by atoms with E-state index in [9.17, 15) is 5.11 Å². The SMILES string of the molecule is COCCOc1cnc(-c2csc3ccc(CO)cc23)c(C)c1. The van der Waals surface area contributed by atoms with Crippen LogP contribution in [0.1, 0.15) is 11.1 Å². The molecule has 0 aliphatic rings. The highest BCUT2D eigenvalue weighted by molar-refractivity contribution is 7.17. The molecule has 1 N–H and O–H groups in total. The summed E-state index contributed by atoms with van der Waals surface area (Å²) in [6, 6.07) is 8.03. The molecule has 0 aliphatic carbocycles. The maximum Gasteiger partial charge on any atom is 0.138 e. The number of aliphatic hydroxyl groups is 1. The van der Waals surface area contributed by atoms with Gasteiger partial charge in [0.2, 0.25) is 0 Å². The zero-order chi connectivity index (χ0) is 16.2. The van der Waals surface area contributed by atoms with Gasteiger partial charge in [-0.05, 0) is 36.2 Å². The second-order valence-corrected chi connectivity index (χ2v) is 6.23. The summed E-state index contributed by atoms with van der Waals surface area (Å²) in [4.78, 5) is 4.58. The van der Waals surface area contributed by atoms with E-state index in [2.05, 4.69) is 10.4 Å². The number of thiophene rings is 1. The number of aryl methyl sites for hydroxylation is 1. The molecule has 2 heterocycles. The van der Waals surface area contributed by atoms with Crippen molar-refractivity contribution >= 4 is 21.4 Å². The Morgan fingerprint density at radius 1 is 1.22 bits per heavy atom. The van der Waals surface area contributed by atoms with Gasteiger partial charge in [-0.2, -0.15) is 0 Å². The molecule has 120 valence electrons. The van der Waals surface area contributed by atoms with Crippen molar-refractivity contribution in [2.75, 3.05) is 20.3 Å². The second-order valence-electron chi connectivity index (χ2n) is 5.32. The van der Waals surface area contributed by atoms with E-state index >= 15 is 0 Å². The standard InChI is InChI=1S/C18H19NO3S/c1-12-7-14(22-6-5-21-2)9-19-18(12)16-11-23-17-4-3-13(10-20)8-15(16)17/h3-4,7-9,11,20H,5-6,10H2,1-2H3. The van der Waals surface area contributed by atoms with Gasteiger partial charge in [0.25, 0.3) is 0 Å². The van der Waals surface area contributed by atoms with Crippen LogP contribution in [0, 0.1) is 6.92 Å². The molecule has 0 fully saturated rings. The van der Waals surface area contributed by atoms with Crippen molar-refractivity contribution in [3.05, 3.63) is 47.0 Å². The summed E-state index contributed by atoms with van der Waals surface area (Å²) < 4.78 is 11.8. The normalized spacial score (nSPS) is 11.1. The summed E-state index contributed by atoms with van der Waals surface area (Å²) in [5, 5.41) is 12.6. The smallest absolute Gasteiger partial charge is 0.138 e. The van der Waals surface area contributed by atoms with Gasteiger partial charge in [-0.25, -0.2) is 0 Å². The van der Waals surface area contributed by atoms with Crippen molar-refractivity contribution in [1.29, 1.82) is 0 Å². The number of benzene rings is 1. The molecule has 0 atom stereocenters. The van der Waals surface area contributed by atoms with Crippen LogP contribution in [-0.4, -0.2) is 30.4 Å². The number of aromatic nitrogens is 1. The molecule has 0 amide bonds. The zero-order valence-corrected chi connectivity index (χ0v) is 14.0. The van der Waals surface area contributed by atoms with Crippen molar-refractivity contribution in [3.8, 4) is 17.0 Å². The fourth-order valence-electron chi connectivity index (χ4n) is 2.51. The van der Waals surface area contributed by atoms with Gasteiger partial charge in [0, 0.05) is 28.1 Å². The molecule has 3 aromatic rings. The van der Waals surface area contributed by atoms with Crippen LogP contribution in [0.3, 0.4) is 0 Å². The van der Waals surface area contributed by atoms with Crippen LogP contribution in [0.5, 0.6) is 5.75 Å². The Morgan fingerprint density at radius 2 is 2.09 bits per heavy atom. The van der Waals surface area contributed by atoms with E-state index in [0.717, 1.165) is 33.5 Å². The van der Waals surface area contributed by atoms with Gasteiger partial charge >= 0.3 is 0 Å². The van der Waals surface area contributed by atoms with Gasteiger partial charge in [0.15, 0.2) is 0 Å². The van der Waals surface area contributed by atoms with Crippen LogP contribution in [0.2, 0.25) is 0 Å². The third-order valence-corrected chi connectivity index (χ3v) is 4.65. The minimum atomic E-state index is 0.0456. The van der Waals surface area contributed by atoms with Gasteiger partial charge < -0.3 is 14.6 Å². The summed E-state index contributed by atoms with van der Waals surface area (Å²) in [5.41, 5.74) is 4.02. The minimum absolute atomic E-state index is 0.0456. The highest BCUT2D eigenvalue weighted by atomic mass is 32.1. The van der Waals surface area contributed by atoms with Crippen molar-refractivity contribution in [2.24, 2.45) is 0 Å². The van der Waals surface area contributed by atoms with Crippen LogP contribution in [0.4, 0.5) is 0 Å². The van der Waals surface area contributed by atoms with Crippen molar-refractivity contribution in [1.82, 2.24) is 4.98 Å². The summed E-state index contributed by atoms with van der Waals surface area (Å²) in [6.45, 7) is 3.15. The second kappa shape index (κ2) is 7.08. The van der Waals surface area contributed by atoms with Crippen LogP contribution in [0.15, 0.2) is 35.8 Å². The Bertz CT molecular complexity index is 813. The van der Waals surface area contributed by atoms with Crippen molar-refractivity contribution < 1.29 is 14.6 Å². The fourth-order valence-corrected chi connectivity index (χ4v) is 3.44. The third kappa shape index (κ3) is 3.37. The maximum atomic E-state index is 9.35. The lowest BCUT2D eigenvalue weighted by atomic mass is 10.0. The van der Waals surface area contributed by atoms with Crippen molar-refractivity contribution in [2.45, 2.75) is 13.5 Å². The lowest BCUT2D eigenvalue weighted by Gasteiger charge is -2.09. The first-order chi connectivity index (χ1) is 11.2. The van der Waals surface area contributed by atoms with E-state index < -0.39 is 0 Å². The molecule has 0 saturated heterocycles. The number of hydrogen-bond acceptors (Lipinski definition) is 5. The van der Waals surface area contributed by atoms with Crippen LogP contribution >= 0.6 is 11.3 Å². The lowest BCUT2D eigenvalue weighted by molar-refractivity contribution is 0.146. The largest absolute Gasteiger partial charge is 0.490 e. The van der Waals surface area contributed by atoms with Crippen LogP contribution < -0.4 is 4.74 Å². The predicted octanol–water partition coefficient (Wildman–Crippen LogP) is 3.79. The molecule has 5 heteroatoms. The molecule has 0 spiro atoms. The first-order valence-electron chi connectivity index (χ1n) is 7.42. The van der Waals surface area contributed by atoms with E-state index in [0.29, 0.717) is 13.2 Å². The first-order valence-corrected chi connectivity index (χ1v) is 8.30. The Morgan fingerprint density at radius 3 is 2.83 bits per heavy atom. The highest BCUT2D eigenvalue weighted by Gasteiger charge is 2.11. The lowest BCUT2D eigenvalue weighted by Crippen LogP contribution is -2.04. The van der Waals surface area contributed by atoms with Gasteiger partial charge in [0.05, 0.1) is 25.1 Å². The number of rotatable bonds is 6. The number of pyridine rings is 1. The molecular formula is C18H19NO3S. The first kappa shape index (κ1) is 15.9. The third-order valence-electron chi connectivity index (χ3n) is 3.68. The number of aliphatic hydroxyl groups excluding tert-OH is 1. The summed E-state index contributed by atoms with van der Waals surface area (Å²) in [7, 11) is 1.65. The number of methoxy groups -OCH3 is 1. The number of fused-ring (bicyclic) bond motifs is 1. The van der Waals surface area contributed by atoms with E-state index in [1.165, 1.54) is 4.70 Å². The molecule has 3 rings (SSSR count). The number of hydrogen-bond donors (Lipinski definition) is 1. The molecule has 1 aromatic carbocycles. The van der Waals surface area contributed by atoms with E-state index in [1.54, 1.807) is 24.6 Å². The molecular weight excluding hydrogens is 310 g/mol. The average Bonchev–Trinajstić information content (AvgIpc) is 2.98. The molecule has 0 aliphatic heterocycles. The Labute approximate surface area is 139 Å². The molecule has 0 saturated carbocycles.